The quantitative estimate of drug-likeness (QED) is 0.603. The molecule has 0 atom stereocenters. The Morgan fingerprint density at radius 1 is 0.652 bits per heavy atom. The summed E-state index contributed by atoms with van der Waals surface area (Å²) in [5.74, 6) is 0. The zero-order valence-corrected chi connectivity index (χ0v) is 11.6. The van der Waals surface area contributed by atoms with Crippen molar-refractivity contribution in [2.24, 2.45) is 0 Å². The summed E-state index contributed by atoms with van der Waals surface area (Å²) in [5, 5.41) is 8.91. The van der Waals surface area contributed by atoms with E-state index in [1.54, 1.807) is 0 Å². The lowest BCUT2D eigenvalue weighted by molar-refractivity contribution is -0.376. The summed E-state index contributed by atoms with van der Waals surface area (Å²) in [6, 6.07) is 13.8. The van der Waals surface area contributed by atoms with Gasteiger partial charge in [-0.1, -0.05) is 48.5 Å². The summed E-state index contributed by atoms with van der Waals surface area (Å²) in [7, 11) is 0. The second-order valence-corrected chi connectivity index (χ2v) is 4.48. The predicted octanol–water partition coefficient (Wildman–Crippen LogP) is 4.27. The second-order valence-electron chi connectivity index (χ2n) is 4.48. The SMILES string of the molecule is Nc1ccccc1.OC(c1ccccc1)(C(F)(F)F)C(F)(F)F. The number of halogens is 6. The van der Waals surface area contributed by atoms with Crippen molar-refractivity contribution in [2.75, 3.05) is 5.73 Å². The van der Waals surface area contributed by atoms with Crippen molar-refractivity contribution in [3.63, 3.8) is 0 Å². The number of para-hydroxylation sites is 1. The number of anilines is 1. The first-order valence-corrected chi connectivity index (χ1v) is 6.22. The van der Waals surface area contributed by atoms with Crippen molar-refractivity contribution < 1.29 is 31.4 Å². The van der Waals surface area contributed by atoms with Crippen molar-refractivity contribution in [3.8, 4) is 0 Å². The molecule has 0 heterocycles. The summed E-state index contributed by atoms with van der Waals surface area (Å²) in [6.45, 7) is 0. The molecule has 0 bridgehead atoms. The number of hydrogen-bond donors (Lipinski definition) is 2. The molecular weight excluding hydrogens is 324 g/mol. The number of hydrogen-bond acceptors (Lipinski definition) is 2. The highest BCUT2D eigenvalue weighted by atomic mass is 19.4. The lowest BCUT2D eigenvalue weighted by Gasteiger charge is -2.32. The van der Waals surface area contributed by atoms with E-state index >= 15 is 0 Å². The van der Waals surface area contributed by atoms with E-state index in [1.165, 1.54) is 6.07 Å². The van der Waals surface area contributed by atoms with Crippen molar-refractivity contribution >= 4 is 5.69 Å². The fourth-order valence-electron chi connectivity index (χ4n) is 1.62. The number of rotatable bonds is 1. The maximum absolute atomic E-state index is 12.3. The van der Waals surface area contributed by atoms with Gasteiger partial charge in [-0.25, -0.2) is 0 Å². The molecule has 8 heteroatoms. The Bertz CT molecular complexity index is 581. The number of alkyl halides is 6. The monoisotopic (exact) mass is 337 g/mol. The Labute approximate surface area is 128 Å². The molecule has 0 amide bonds. The Balaban J connectivity index is 0.000000313. The molecule has 0 fully saturated rings. The summed E-state index contributed by atoms with van der Waals surface area (Å²) >= 11 is 0. The van der Waals surface area contributed by atoms with Gasteiger partial charge >= 0.3 is 12.4 Å². The van der Waals surface area contributed by atoms with Gasteiger partial charge in [0.1, 0.15) is 0 Å². The van der Waals surface area contributed by atoms with Gasteiger partial charge in [0.05, 0.1) is 0 Å². The molecule has 0 spiro atoms. The van der Waals surface area contributed by atoms with E-state index in [0.29, 0.717) is 12.1 Å². The lowest BCUT2D eigenvalue weighted by Crippen LogP contribution is -2.53. The van der Waals surface area contributed by atoms with Crippen LogP contribution in [0.2, 0.25) is 0 Å². The van der Waals surface area contributed by atoms with Crippen LogP contribution in [0.15, 0.2) is 60.7 Å². The summed E-state index contributed by atoms with van der Waals surface area (Å²) < 4.78 is 73.9. The highest BCUT2D eigenvalue weighted by Gasteiger charge is 2.71. The van der Waals surface area contributed by atoms with Crippen LogP contribution in [0.25, 0.3) is 0 Å². The van der Waals surface area contributed by atoms with Crippen LogP contribution in [0.5, 0.6) is 0 Å². The topological polar surface area (TPSA) is 46.2 Å². The van der Waals surface area contributed by atoms with Gasteiger partial charge in [0.15, 0.2) is 0 Å². The minimum atomic E-state index is -5.83. The van der Waals surface area contributed by atoms with E-state index in [2.05, 4.69) is 0 Å². The van der Waals surface area contributed by atoms with Crippen LogP contribution in [0.4, 0.5) is 32.0 Å². The average Bonchev–Trinajstić information content (AvgIpc) is 2.46. The van der Waals surface area contributed by atoms with Crippen LogP contribution in [0.1, 0.15) is 5.56 Å². The van der Waals surface area contributed by atoms with Gasteiger partial charge in [-0.15, -0.1) is 0 Å². The van der Waals surface area contributed by atoms with Gasteiger partial charge in [-0.2, -0.15) is 26.3 Å². The number of nitrogen functional groups attached to an aromatic ring is 1. The van der Waals surface area contributed by atoms with Gasteiger partial charge < -0.3 is 10.8 Å². The van der Waals surface area contributed by atoms with Crippen LogP contribution in [0, 0.1) is 0 Å². The second kappa shape index (κ2) is 6.91. The summed E-state index contributed by atoms with van der Waals surface area (Å²) in [4.78, 5) is 0. The minimum absolute atomic E-state index is 0.570. The third kappa shape index (κ3) is 4.38. The van der Waals surface area contributed by atoms with Gasteiger partial charge in [0, 0.05) is 11.3 Å². The first-order valence-electron chi connectivity index (χ1n) is 6.22. The fourth-order valence-corrected chi connectivity index (χ4v) is 1.62. The first-order chi connectivity index (χ1) is 10.5. The predicted molar refractivity (Wildman–Crippen MR) is 73.3 cm³/mol. The lowest BCUT2D eigenvalue weighted by atomic mass is 9.92. The molecule has 2 aromatic rings. The molecule has 2 nitrogen and oxygen atoms in total. The highest BCUT2D eigenvalue weighted by Crippen LogP contribution is 2.49. The van der Waals surface area contributed by atoms with E-state index in [4.69, 9.17) is 10.8 Å². The molecule has 0 radical (unpaired) electrons. The average molecular weight is 337 g/mol. The molecule has 126 valence electrons. The molecule has 2 rings (SSSR count). The van der Waals surface area contributed by atoms with Crippen molar-refractivity contribution in [1.29, 1.82) is 0 Å². The molecule has 0 saturated heterocycles. The van der Waals surface area contributed by atoms with Gasteiger partial charge in [-0.05, 0) is 12.1 Å². The van der Waals surface area contributed by atoms with E-state index in [1.807, 2.05) is 30.3 Å². The van der Waals surface area contributed by atoms with Crippen LogP contribution < -0.4 is 5.73 Å². The van der Waals surface area contributed by atoms with Crippen molar-refractivity contribution in [3.05, 3.63) is 66.2 Å². The fraction of sp³-hybridized carbons (Fsp3) is 0.200. The highest BCUT2D eigenvalue weighted by molar-refractivity contribution is 5.35. The smallest absolute Gasteiger partial charge is 0.399 e. The van der Waals surface area contributed by atoms with Crippen molar-refractivity contribution in [1.82, 2.24) is 0 Å². The zero-order valence-electron chi connectivity index (χ0n) is 11.6. The third-order valence-corrected chi connectivity index (χ3v) is 2.81. The molecule has 0 unspecified atom stereocenters. The third-order valence-electron chi connectivity index (χ3n) is 2.81. The van der Waals surface area contributed by atoms with Crippen molar-refractivity contribution in [2.45, 2.75) is 18.0 Å². The van der Waals surface area contributed by atoms with Gasteiger partial charge in [0.25, 0.3) is 5.60 Å². The number of benzene rings is 2. The van der Waals surface area contributed by atoms with Gasteiger partial charge in [-0.3, -0.25) is 0 Å². The minimum Gasteiger partial charge on any atom is -0.399 e. The molecule has 0 saturated carbocycles. The van der Waals surface area contributed by atoms with E-state index < -0.39 is 23.5 Å². The van der Waals surface area contributed by atoms with Crippen LogP contribution in [-0.4, -0.2) is 17.5 Å². The van der Waals surface area contributed by atoms with Crippen LogP contribution in [-0.2, 0) is 5.60 Å². The Kier molecular flexibility index (Phi) is 5.65. The largest absolute Gasteiger partial charge is 0.430 e. The molecule has 0 aliphatic carbocycles. The van der Waals surface area contributed by atoms with Crippen LogP contribution in [0.3, 0.4) is 0 Å². The van der Waals surface area contributed by atoms with Crippen LogP contribution >= 0.6 is 0 Å². The Hall–Kier alpha value is -2.22. The molecule has 2 aromatic carbocycles. The van der Waals surface area contributed by atoms with Gasteiger partial charge in [0.2, 0.25) is 0 Å². The normalized spacial score (nSPS) is 12.3. The molecule has 0 aliphatic heterocycles. The molecule has 0 aromatic heterocycles. The molecule has 0 aliphatic rings. The first kappa shape index (κ1) is 18.8. The maximum Gasteiger partial charge on any atom is 0.430 e. The Morgan fingerprint density at radius 2 is 1.00 bits per heavy atom. The van der Waals surface area contributed by atoms with E-state index in [9.17, 15) is 26.3 Å². The molecular formula is C15H13F6NO. The zero-order chi connectivity index (χ0) is 17.7. The number of nitrogens with two attached hydrogens (primary N) is 1. The standard InChI is InChI=1S/C9H6F6O.C6H7N/c10-8(11,12)7(16,9(13,14)15)6-4-2-1-3-5-6;7-6-4-2-1-3-5-6/h1-5,16H;1-5H,7H2. The van der Waals surface area contributed by atoms with E-state index in [-0.39, 0.29) is 0 Å². The Morgan fingerprint density at radius 3 is 1.26 bits per heavy atom. The number of aliphatic hydroxyl groups is 1. The summed E-state index contributed by atoms with van der Waals surface area (Å²) in [5.41, 5.74) is 0.0928. The molecule has 3 N–H and O–H groups in total. The molecule has 23 heavy (non-hydrogen) atoms. The van der Waals surface area contributed by atoms with E-state index in [0.717, 1.165) is 17.8 Å². The summed E-state index contributed by atoms with van der Waals surface area (Å²) in [6.07, 6.45) is -11.7. The maximum atomic E-state index is 12.3.